The summed E-state index contributed by atoms with van der Waals surface area (Å²) in [5.41, 5.74) is 0. The first-order chi connectivity index (χ1) is 11.3. The van der Waals surface area contributed by atoms with Crippen molar-refractivity contribution in [3.8, 4) is 0 Å². The van der Waals surface area contributed by atoms with Gasteiger partial charge in [-0.2, -0.15) is 5.10 Å². The summed E-state index contributed by atoms with van der Waals surface area (Å²) in [5, 5.41) is 7.09. The predicted molar refractivity (Wildman–Crippen MR) is 84.4 cm³/mol. The number of aryl methyl sites for hydroxylation is 1. The number of carbonyl (C=O) groups excluding carboxylic acids is 1. The van der Waals surface area contributed by atoms with Gasteiger partial charge >= 0.3 is 0 Å². The van der Waals surface area contributed by atoms with Crippen LogP contribution in [0.5, 0.6) is 0 Å². The summed E-state index contributed by atoms with van der Waals surface area (Å²) >= 11 is 0. The van der Waals surface area contributed by atoms with E-state index in [4.69, 9.17) is 4.42 Å². The van der Waals surface area contributed by atoms with Gasteiger partial charge in [-0.15, -0.1) is 0 Å². The van der Waals surface area contributed by atoms with Crippen LogP contribution in [0.2, 0.25) is 0 Å². The summed E-state index contributed by atoms with van der Waals surface area (Å²) in [7, 11) is 0. The van der Waals surface area contributed by atoms with Crippen molar-refractivity contribution in [1.82, 2.24) is 25.0 Å². The Hall–Kier alpha value is -2.15. The number of amides is 1. The fourth-order valence-corrected chi connectivity index (χ4v) is 2.98. The second-order valence-electron chi connectivity index (χ2n) is 5.96. The van der Waals surface area contributed by atoms with Gasteiger partial charge in [-0.25, -0.2) is 4.98 Å². The van der Waals surface area contributed by atoms with Crippen LogP contribution >= 0.6 is 0 Å². The SMILES string of the molecule is O=C(NCCCn1cncn1)[C@@H]1CCCN(Cc2ccco2)C1. The summed E-state index contributed by atoms with van der Waals surface area (Å²) in [6.45, 7) is 4.05. The zero-order valence-corrected chi connectivity index (χ0v) is 13.2. The highest BCUT2D eigenvalue weighted by Crippen LogP contribution is 2.19. The van der Waals surface area contributed by atoms with Crippen molar-refractivity contribution in [3.05, 3.63) is 36.8 Å². The third-order valence-electron chi connectivity index (χ3n) is 4.17. The van der Waals surface area contributed by atoms with Crippen molar-refractivity contribution in [3.63, 3.8) is 0 Å². The van der Waals surface area contributed by atoms with Gasteiger partial charge in [0.15, 0.2) is 0 Å². The van der Waals surface area contributed by atoms with Crippen LogP contribution in [0, 0.1) is 5.92 Å². The minimum Gasteiger partial charge on any atom is -0.468 e. The summed E-state index contributed by atoms with van der Waals surface area (Å²) < 4.78 is 7.17. The largest absolute Gasteiger partial charge is 0.468 e. The van der Waals surface area contributed by atoms with Crippen LogP contribution in [0.1, 0.15) is 25.0 Å². The molecule has 1 aliphatic rings. The molecule has 1 saturated heterocycles. The molecule has 3 heterocycles. The van der Waals surface area contributed by atoms with E-state index in [-0.39, 0.29) is 11.8 Å². The van der Waals surface area contributed by atoms with E-state index in [0.29, 0.717) is 6.54 Å². The van der Waals surface area contributed by atoms with Crippen LogP contribution in [0.3, 0.4) is 0 Å². The molecule has 0 saturated carbocycles. The van der Waals surface area contributed by atoms with Gasteiger partial charge in [-0.1, -0.05) is 0 Å². The minimum atomic E-state index is 0.0742. The number of piperidine rings is 1. The first-order valence-corrected chi connectivity index (χ1v) is 8.16. The number of carbonyl (C=O) groups is 1. The highest BCUT2D eigenvalue weighted by Gasteiger charge is 2.25. The molecule has 2 aromatic rings. The zero-order chi connectivity index (χ0) is 15.9. The molecular formula is C16H23N5O2. The van der Waals surface area contributed by atoms with Crippen LogP contribution in [0.25, 0.3) is 0 Å². The third-order valence-corrected chi connectivity index (χ3v) is 4.17. The molecule has 7 nitrogen and oxygen atoms in total. The van der Waals surface area contributed by atoms with Crippen LogP contribution in [-0.2, 0) is 17.9 Å². The lowest BCUT2D eigenvalue weighted by Crippen LogP contribution is -2.42. The second-order valence-corrected chi connectivity index (χ2v) is 5.96. The molecule has 1 atom stereocenters. The standard InChI is InChI=1S/C16H23N5O2/c22-16(18-6-3-8-21-13-17-12-19-21)14-4-1-7-20(10-14)11-15-5-2-9-23-15/h2,5,9,12-14H,1,3-4,6-8,10-11H2,(H,18,22)/t14-/m1/s1. The van der Waals surface area contributed by atoms with Crippen molar-refractivity contribution in [2.45, 2.75) is 32.4 Å². The topological polar surface area (TPSA) is 76.2 Å². The number of hydrogen-bond acceptors (Lipinski definition) is 5. The summed E-state index contributed by atoms with van der Waals surface area (Å²) in [6.07, 6.45) is 7.78. The Bertz CT molecular complexity index is 582. The van der Waals surface area contributed by atoms with E-state index in [1.807, 2.05) is 12.1 Å². The molecule has 0 bridgehead atoms. The van der Waals surface area contributed by atoms with Gasteiger partial charge in [0.25, 0.3) is 0 Å². The molecule has 7 heteroatoms. The van der Waals surface area contributed by atoms with E-state index in [2.05, 4.69) is 20.3 Å². The predicted octanol–water partition coefficient (Wildman–Crippen LogP) is 1.29. The number of likely N-dealkylation sites (tertiary alicyclic amines) is 1. The van der Waals surface area contributed by atoms with Gasteiger partial charge in [0.1, 0.15) is 18.4 Å². The number of aromatic nitrogens is 3. The molecule has 3 rings (SSSR count). The average Bonchev–Trinajstić information content (AvgIpc) is 3.25. The highest BCUT2D eigenvalue weighted by molar-refractivity contribution is 5.78. The van der Waals surface area contributed by atoms with Gasteiger partial charge in [0.05, 0.1) is 18.7 Å². The summed E-state index contributed by atoms with van der Waals surface area (Å²) in [6, 6.07) is 3.88. The first-order valence-electron chi connectivity index (χ1n) is 8.16. The number of nitrogens with zero attached hydrogens (tertiary/aromatic N) is 4. The maximum Gasteiger partial charge on any atom is 0.224 e. The molecular weight excluding hydrogens is 294 g/mol. The zero-order valence-electron chi connectivity index (χ0n) is 13.2. The Kier molecular flexibility index (Phi) is 5.42. The maximum absolute atomic E-state index is 12.3. The van der Waals surface area contributed by atoms with Crippen LogP contribution in [0.15, 0.2) is 35.5 Å². The Morgan fingerprint density at radius 1 is 1.48 bits per heavy atom. The monoisotopic (exact) mass is 317 g/mol. The molecule has 1 amide bonds. The van der Waals surface area contributed by atoms with Gasteiger partial charge < -0.3 is 9.73 Å². The van der Waals surface area contributed by atoms with Crippen molar-refractivity contribution < 1.29 is 9.21 Å². The normalized spacial score (nSPS) is 18.9. The Morgan fingerprint density at radius 3 is 3.22 bits per heavy atom. The van der Waals surface area contributed by atoms with Crippen LogP contribution < -0.4 is 5.32 Å². The summed E-state index contributed by atoms with van der Waals surface area (Å²) in [4.78, 5) is 18.5. The molecule has 0 aromatic carbocycles. The molecule has 2 aromatic heterocycles. The van der Waals surface area contributed by atoms with Crippen LogP contribution in [0.4, 0.5) is 0 Å². The molecule has 1 fully saturated rings. The van der Waals surface area contributed by atoms with Gasteiger partial charge in [-0.05, 0) is 37.9 Å². The molecule has 0 radical (unpaired) electrons. The third kappa shape index (κ3) is 4.66. The molecule has 0 aliphatic carbocycles. The highest BCUT2D eigenvalue weighted by atomic mass is 16.3. The second kappa shape index (κ2) is 7.92. The van der Waals surface area contributed by atoms with E-state index in [1.54, 1.807) is 17.3 Å². The Labute approximate surface area is 135 Å². The van der Waals surface area contributed by atoms with Gasteiger partial charge in [-0.3, -0.25) is 14.4 Å². The lowest BCUT2D eigenvalue weighted by Gasteiger charge is -2.31. The van der Waals surface area contributed by atoms with E-state index >= 15 is 0 Å². The Balaban J connectivity index is 1.38. The van der Waals surface area contributed by atoms with E-state index < -0.39 is 0 Å². The molecule has 1 aliphatic heterocycles. The van der Waals surface area contributed by atoms with Crippen molar-refractivity contribution >= 4 is 5.91 Å². The fraction of sp³-hybridized carbons (Fsp3) is 0.562. The molecule has 0 unspecified atom stereocenters. The van der Waals surface area contributed by atoms with Gasteiger partial charge in [0.2, 0.25) is 5.91 Å². The lowest BCUT2D eigenvalue weighted by molar-refractivity contribution is -0.126. The van der Waals surface area contributed by atoms with Gasteiger partial charge in [0, 0.05) is 19.6 Å². The minimum absolute atomic E-state index is 0.0742. The number of furan rings is 1. The maximum atomic E-state index is 12.3. The fourth-order valence-electron chi connectivity index (χ4n) is 2.98. The number of rotatable bonds is 7. The van der Waals surface area contributed by atoms with E-state index in [1.165, 1.54) is 6.33 Å². The summed E-state index contributed by atoms with van der Waals surface area (Å²) in [5.74, 6) is 1.19. The van der Waals surface area contributed by atoms with E-state index in [9.17, 15) is 4.79 Å². The first kappa shape index (κ1) is 15.7. The lowest BCUT2D eigenvalue weighted by atomic mass is 9.97. The molecule has 23 heavy (non-hydrogen) atoms. The van der Waals surface area contributed by atoms with Crippen molar-refractivity contribution in [2.75, 3.05) is 19.6 Å². The molecule has 1 N–H and O–H groups in total. The average molecular weight is 317 g/mol. The molecule has 124 valence electrons. The quantitative estimate of drug-likeness (QED) is 0.779. The van der Waals surface area contributed by atoms with Crippen molar-refractivity contribution in [1.29, 1.82) is 0 Å². The smallest absolute Gasteiger partial charge is 0.224 e. The van der Waals surface area contributed by atoms with E-state index in [0.717, 1.165) is 51.2 Å². The van der Waals surface area contributed by atoms with Crippen molar-refractivity contribution in [2.24, 2.45) is 5.92 Å². The number of hydrogen-bond donors (Lipinski definition) is 1. The Morgan fingerprint density at radius 2 is 2.43 bits per heavy atom. The van der Waals surface area contributed by atoms with Crippen LogP contribution in [-0.4, -0.2) is 45.2 Å². The number of nitrogens with one attached hydrogen (secondary N) is 1. The molecule has 0 spiro atoms.